The Labute approximate surface area is 214 Å². The van der Waals surface area contributed by atoms with Gasteiger partial charge >= 0.3 is 23.8 Å². The Morgan fingerprint density at radius 2 is 1.73 bits per heavy atom. The van der Waals surface area contributed by atoms with Gasteiger partial charge in [0.1, 0.15) is 0 Å². The Kier molecular flexibility index (Phi) is 8.49. The van der Waals surface area contributed by atoms with Crippen LogP contribution in [0.2, 0.25) is 0 Å². The van der Waals surface area contributed by atoms with Gasteiger partial charge < -0.3 is 29.1 Å². The van der Waals surface area contributed by atoms with Gasteiger partial charge in [-0.25, -0.2) is 14.4 Å². The van der Waals surface area contributed by atoms with E-state index in [2.05, 4.69) is 10.1 Å². The van der Waals surface area contributed by atoms with Gasteiger partial charge in [-0.05, 0) is 38.3 Å². The number of benzene rings is 1. The van der Waals surface area contributed by atoms with Gasteiger partial charge in [-0.3, -0.25) is 0 Å². The van der Waals surface area contributed by atoms with Gasteiger partial charge in [0.15, 0.2) is 0 Å². The minimum absolute atomic E-state index is 0.0564. The molecule has 3 rings (SSSR count). The normalized spacial score (nSPS) is 15.4. The van der Waals surface area contributed by atoms with Crippen LogP contribution in [0.3, 0.4) is 0 Å². The summed E-state index contributed by atoms with van der Waals surface area (Å²) in [5.41, 5.74) is 1.58. The van der Waals surface area contributed by atoms with Gasteiger partial charge in [-0.1, -0.05) is 37.2 Å². The van der Waals surface area contributed by atoms with Crippen LogP contribution in [-0.2, 0) is 19.1 Å². The molecule has 0 spiro atoms. The maximum Gasteiger partial charge on any atom is 0.397 e. The molecule has 0 radical (unpaired) electrons. The molecule has 0 saturated heterocycles. The number of ether oxygens (including phenoxy) is 2. The highest BCUT2D eigenvalue weighted by atomic mass is 16.6. The summed E-state index contributed by atoms with van der Waals surface area (Å²) in [5, 5.41) is 24.3. The smallest absolute Gasteiger partial charge is 0.397 e. The zero-order valence-electron chi connectivity index (χ0n) is 21.6. The predicted octanol–water partition coefficient (Wildman–Crippen LogP) is 3.70. The number of hydrogen-bond acceptors (Lipinski definition) is 9. The molecule has 1 aromatic heterocycles. The number of aliphatic carboxylic acids is 2. The predicted molar refractivity (Wildman–Crippen MR) is 131 cm³/mol. The highest BCUT2D eigenvalue weighted by molar-refractivity contribution is 5.98. The minimum Gasteiger partial charge on any atom is -0.478 e. The first-order chi connectivity index (χ1) is 17.5. The average molecular weight is 514 g/mol. The highest BCUT2D eigenvalue weighted by Crippen LogP contribution is 2.43. The molecular formula is C26H31N3O8. The topological polar surface area (TPSA) is 152 Å². The molecule has 198 valence electrons. The van der Waals surface area contributed by atoms with Gasteiger partial charge in [0, 0.05) is 30.6 Å². The number of carboxylic acids is 2. The van der Waals surface area contributed by atoms with Crippen LogP contribution in [0, 0.1) is 5.92 Å². The molecule has 1 aliphatic rings. The van der Waals surface area contributed by atoms with E-state index in [9.17, 15) is 24.6 Å². The van der Waals surface area contributed by atoms with E-state index >= 15 is 0 Å². The molecule has 37 heavy (non-hydrogen) atoms. The van der Waals surface area contributed by atoms with Crippen molar-refractivity contribution in [2.24, 2.45) is 5.92 Å². The summed E-state index contributed by atoms with van der Waals surface area (Å²) in [6.07, 6.45) is -0.248. The summed E-state index contributed by atoms with van der Waals surface area (Å²) in [6, 6.07) is 6.53. The van der Waals surface area contributed by atoms with Crippen LogP contribution in [0.25, 0.3) is 11.4 Å². The van der Waals surface area contributed by atoms with Crippen LogP contribution in [0.1, 0.15) is 56.8 Å². The van der Waals surface area contributed by atoms with Crippen molar-refractivity contribution in [3.8, 4) is 11.4 Å². The zero-order chi connectivity index (χ0) is 27.4. The molecule has 2 heterocycles. The zero-order valence-corrected chi connectivity index (χ0v) is 21.6. The van der Waals surface area contributed by atoms with E-state index in [0.29, 0.717) is 29.1 Å². The lowest BCUT2D eigenvalue weighted by molar-refractivity contribution is -0.133. The lowest BCUT2D eigenvalue weighted by Crippen LogP contribution is -2.40. The van der Waals surface area contributed by atoms with Gasteiger partial charge in [0.25, 0.3) is 0 Å². The largest absolute Gasteiger partial charge is 0.478 e. The number of esters is 1. The van der Waals surface area contributed by atoms with Crippen molar-refractivity contribution in [2.75, 3.05) is 20.3 Å². The molecule has 1 atom stereocenters. The number of carbonyl (C=O) groups is 3. The second-order valence-corrected chi connectivity index (χ2v) is 8.94. The number of carboxylic acid groups (broad SMARTS) is 2. The summed E-state index contributed by atoms with van der Waals surface area (Å²) in [5.74, 6) is -4.41. The van der Waals surface area contributed by atoms with Crippen molar-refractivity contribution in [1.82, 2.24) is 15.0 Å². The summed E-state index contributed by atoms with van der Waals surface area (Å²) in [4.78, 5) is 42.7. The van der Waals surface area contributed by atoms with Crippen LogP contribution in [0.15, 0.2) is 51.3 Å². The summed E-state index contributed by atoms with van der Waals surface area (Å²) >= 11 is 0. The van der Waals surface area contributed by atoms with Crippen LogP contribution >= 0.6 is 0 Å². The third kappa shape index (κ3) is 5.56. The number of aromatic nitrogens is 2. The van der Waals surface area contributed by atoms with Crippen molar-refractivity contribution in [2.45, 2.75) is 46.6 Å². The minimum atomic E-state index is -1.23. The lowest BCUT2D eigenvalue weighted by Gasteiger charge is -2.39. The van der Waals surface area contributed by atoms with Gasteiger partial charge in [0.05, 0.1) is 29.8 Å². The van der Waals surface area contributed by atoms with E-state index in [-0.39, 0.29) is 41.5 Å². The maximum absolute atomic E-state index is 12.5. The monoisotopic (exact) mass is 513 g/mol. The van der Waals surface area contributed by atoms with Crippen molar-refractivity contribution in [1.29, 1.82) is 0 Å². The fourth-order valence-electron chi connectivity index (χ4n) is 4.48. The Balaban J connectivity index is 2.13. The van der Waals surface area contributed by atoms with E-state index in [4.69, 9.17) is 14.0 Å². The van der Waals surface area contributed by atoms with Gasteiger partial charge in [-0.2, -0.15) is 4.98 Å². The lowest BCUT2D eigenvalue weighted by atomic mass is 9.79. The molecule has 1 unspecified atom stereocenters. The third-order valence-corrected chi connectivity index (χ3v) is 6.39. The molecular weight excluding hydrogens is 482 g/mol. The number of carbonyl (C=O) groups excluding carboxylic acids is 1. The Bertz CT molecular complexity index is 1220. The summed E-state index contributed by atoms with van der Waals surface area (Å²) < 4.78 is 15.4. The van der Waals surface area contributed by atoms with Crippen molar-refractivity contribution >= 4 is 17.9 Å². The molecule has 0 aliphatic carbocycles. The van der Waals surface area contributed by atoms with Crippen molar-refractivity contribution < 1.29 is 38.6 Å². The van der Waals surface area contributed by atoms with E-state index < -0.39 is 23.8 Å². The van der Waals surface area contributed by atoms with Crippen LogP contribution in [0.5, 0.6) is 0 Å². The number of nitrogens with zero attached hydrogens (tertiary/aromatic N) is 3. The van der Waals surface area contributed by atoms with Crippen LogP contribution < -0.4 is 0 Å². The summed E-state index contributed by atoms with van der Waals surface area (Å²) in [6.45, 7) is 9.37. The molecule has 0 amide bonds. The summed E-state index contributed by atoms with van der Waals surface area (Å²) in [7, 11) is 1.57. The maximum atomic E-state index is 12.5. The molecule has 2 N–H and O–H groups in total. The molecule has 1 aliphatic heterocycles. The second kappa shape index (κ2) is 11.4. The van der Waals surface area contributed by atoms with E-state index in [1.165, 1.54) is 0 Å². The van der Waals surface area contributed by atoms with E-state index in [1.807, 2.05) is 13.8 Å². The number of hydrogen-bond donors (Lipinski definition) is 2. The standard InChI is InChI=1S/C26H31N3O8/c1-7-36-26(34)23-27-22(28-37-23)17-10-8-9-16(11-17)21-19(24(30)31)14(4)29(12-18(35-6)13(2)3)15(5)20(21)25(32)33/h8-11,13,18,21H,7,12H2,1-6H3,(H,30,31)(H,32,33). The fraction of sp³-hybridized carbons (Fsp3) is 0.423. The first-order valence-electron chi connectivity index (χ1n) is 11.8. The van der Waals surface area contributed by atoms with Crippen LogP contribution in [0.4, 0.5) is 0 Å². The third-order valence-electron chi connectivity index (χ3n) is 6.39. The Hall–Kier alpha value is -3.99. The van der Waals surface area contributed by atoms with Crippen molar-refractivity contribution in [3.05, 3.63) is 58.3 Å². The molecule has 2 aromatic rings. The first kappa shape index (κ1) is 27.6. The van der Waals surface area contributed by atoms with E-state index in [0.717, 1.165) is 0 Å². The van der Waals surface area contributed by atoms with Crippen LogP contribution in [-0.4, -0.2) is 69.5 Å². The van der Waals surface area contributed by atoms with Gasteiger partial charge in [-0.15, -0.1) is 0 Å². The first-order valence-corrected chi connectivity index (χ1v) is 11.8. The molecule has 0 bridgehead atoms. The SMILES string of the molecule is CCOC(=O)c1nc(-c2cccc(C3C(C(=O)O)=C(C)N(CC(OC)C(C)C)C(C)=C3C(=O)O)c2)no1. The Morgan fingerprint density at radius 1 is 1.11 bits per heavy atom. The van der Waals surface area contributed by atoms with E-state index in [1.54, 1.807) is 57.0 Å². The molecule has 11 heteroatoms. The highest BCUT2D eigenvalue weighted by Gasteiger charge is 2.40. The molecule has 11 nitrogen and oxygen atoms in total. The average Bonchev–Trinajstić information content (AvgIpc) is 3.34. The number of allylic oxidation sites excluding steroid dienone is 2. The molecule has 0 saturated carbocycles. The van der Waals surface area contributed by atoms with Crippen molar-refractivity contribution in [3.63, 3.8) is 0 Å². The molecule has 1 aromatic carbocycles. The quantitative estimate of drug-likeness (QED) is 0.447. The van der Waals surface area contributed by atoms with Gasteiger partial charge in [0.2, 0.25) is 5.82 Å². The number of rotatable bonds is 10. The molecule has 0 fully saturated rings. The fourth-order valence-corrected chi connectivity index (χ4v) is 4.48. The number of methoxy groups -OCH3 is 1. The second-order valence-electron chi connectivity index (χ2n) is 8.94. The Morgan fingerprint density at radius 3 is 2.24 bits per heavy atom.